The molecule has 1 aromatic heterocycles. The molecule has 0 bridgehead atoms. The minimum absolute atomic E-state index is 0.277. The van der Waals surface area contributed by atoms with Crippen molar-refractivity contribution in [1.82, 2.24) is 14.9 Å². The molecule has 13 heavy (non-hydrogen) atoms. The second kappa shape index (κ2) is 3.92. The molecule has 1 aromatic rings. The number of rotatable bonds is 3. The summed E-state index contributed by atoms with van der Waals surface area (Å²) in [4.78, 5) is 4.03. The summed E-state index contributed by atoms with van der Waals surface area (Å²) in [6, 6.07) is 0.474. The summed E-state index contributed by atoms with van der Waals surface area (Å²) in [5.74, 6) is 0. The summed E-state index contributed by atoms with van der Waals surface area (Å²) < 4.78 is 2.10. The van der Waals surface area contributed by atoms with E-state index in [9.17, 15) is 0 Å². The fourth-order valence-electron chi connectivity index (χ4n) is 1.40. The van der Waals surface area contributed by atoms with Crippen LogP contribution in [-0.4, -0.2) is 22.6 Å². The van der Waals surface area contributed by atoms with Crippen molar-refractivity contribution >= 4 is 0 Å². The summed E-state index contributed by atoms with van der Waals surface area (Å²) >= 11 is 0. The quantitative estimate of drug-likeness (QED) is 0.766. The van der Waals surface area contributed by atoms with E-state index in [0.29, 0.717) is 6.04 Å². The van der Waals surface area contributed by atoms with Gasteiger partial charge in [-0.3, -0.25) is 0 Å². The van der Waals surface area contributed by atoms with Gasteiger partial charge in [-0.05, 0) is 12.5 Å². The normalized spacial score (nSPS) is 14.5. The largest absolute Gasteiger partial charge is 0.336 e. The summed E-state index contributed by atoms with van der Waals surface area (Å²) in [7, 11) is 2.01. The number of likely N-dealkylation sites (N-methyl/N-ethyl adjacent to an activating group) is 1. The average molecular weight is 181 g/mol. The molecule has 0 saturated carbocycles. The Labute approximate surface area is 80.2 Å². The van der Waals surface area contributed by atoms with Gasteiger partial charge in [0.05, 0.1) is 6.33 Å². The first-order chi connectivity index (χ1) is 6.04. The zero-order valence-electron chi connectivity index (χ0n) is 8.91. The third-order valence-electron chi connectivity index (χ3n) is 2.35. The number of hydrogen-bond acceptors (Lipinski definition) is 2. The lowest BCUT2D eigenvalue weighted by atomic mass is 9.87. The third-order valence-corrected chi connectivity index (χ3v) is 2.35. The zero-order valence-corrected chi connectivity index (χ0v) is 8.91. The molecule has 74 valence electrons. The van der Waals surface area contributed by atoms with Crippen LogP contribution in [0.4, 0.5) is 0 Å². The van der Waals surface area contributed by atoms with Crippen LogP contribution in [-0.2, 0) is 6.54 Å². The van der Waals surface area contributed by atoms with E-state index < -0.39 is 0 Å². The Balaban J connectivity index is 2.60. The molecule has 0 aliphatic rings. The maximum absolute atomic E-state index is 4.03. The van der Waals surface area contributed by atoms with Gasteiger partial charge in [0.1, 0.15) is 0 Å². The molecule has 0 spiro atoms. The highest BCUT2D eigenvalue weighted by Gasteiger charge is 2.22. The molecule has 1 unspecified atom stereocenters. The molecule has 0 fully saturated rings. The van der Waals surface area contributed by atoms with E-state index in [4.69, 9.17) is 0 Å². The van der Waals surface area contributed by atoms with E-state index in [1.54, 1.807) is 0 Å². The number of nitrogens with one attached hydrogen (secondary N) is 1. The van der Waals surface area contributed by atoms with Gasteiger partial charge in [-0.1, -0.05) is 20.8 Å². The number of nitrogens with zero attached hydrogens (tertiary/aromatic N) is 2. The van der Waals surface area contributed by atoms with E-state index in [0.717, 1.165) is 6.54 Å². The monoisotopic (exact) mass is 181 g/mol. The second-order valence-electron chi connectivity index (χ2n) is 4.47. The predicted molar refractivity (Wildman–Crippen MR) is 54.5 cm³/mol. The van der Waals surface area contributed by atoms with Crippen molar-refractivity contribution in [3.05, 3.63) is 18.7 Å². The minimum atomic E-state index is 0.277. The standard InChI is InChI=1S/C10H19N3/c1-10(2,3)9(11-4)7-13-6-5-12-8-13/h5-6,8-9,11H,7H2,1-4H3. The molecule has 1 atom stereocenters. The Morgan fingerprint density at radius 1 is 1.46 bits per heavy atom. The van der Waals surface area contributed by atoms with Crippen LogP contribution in [0.3, 0.4) is 0 Å². The zero-order chi connectivity index (χ0) is 9.90. The molecule has 1 N–H and O–H groups in total. The summed E-state index contributed by atoms with van der Waals surface area (Å²) in [5.41, 5.74) is 0.277. The van der Waals surface area contributed by atoms with Crippen LogP contribution < -0.4 is 5.32 Å². The fourth-order valence-corrected chi connectivity index (χ4v) is 1.40. The van der Waals surface area contributed by atoms with Gasteiger partial charge in [0.25, 0.3) is 0 Å². The van der Waals surface area contributed by atoms with Gasteiger partial charge in [0.15, 0.2) is 0 Å². The highest BCUT2D eigenvalue weighted by Crippen LogP contribution is 2.20. The van der Waals surface area contributed by atoms with E-state index in [1.165, 1.54) is 0 Å². The Morgan fingerprint density at radius 2 is 2.15 bits per heavy atom. The molecule has 0 aromatic carbocycles. The van der Waals surface area contributed by atoms with Crippen LogP contribution in [0.25, 0.3) is 0 Å². The Hall–Kier alpha value is -0.830. The van der Waals surface area contributed by atoms with Gasteiger partial charge in [-0.15, -0.1) is 0 Å². The molecule has 0 radical (unpaired) electrons. The lowest BCUT2D eigenvalue weighted by molar-refractivity contribution is 0.254. The molecular formula is C10H19N3. The van der Waals surface area contributed by atoms with Gasteiger partial charge in [0.2, 0.25) is 0 Å². The Bertz CT molecular complexity index is 233. The van der Waals surface area contributed by atoms with Crippen molar-refractivity contribution in [1.29, 1.82) is 0 Å². The van der Waals surface area contributed by atoms with Crippen molar-refractivity contribution < 1.29 is 0 Å². The smallest absolute Gasteiger partial charge is 0.0946 e. The molecule has 0 amide bonds. The van der Waals surface area contributed by atoms with E-state index in [-0.39, 0.29) is 5.41 Å². The van der Waals surface area contributed by atoms with Crippen LogP contribution in [0.15, 0.2) is 18.7 Å². The molecule has 1 heterocycles. The van der Waals surface area contributed by atoms with Crippen LogP contribution >= 0.6 is 0 Å². The van der Waals surface area contributed by atoms with Crippen molar-refractivity contribution in [3.8, 4) is 0 Å². The van der Waals surface area contributed by atoms with Crippen LogP contribution in [0.2, 0.25) is 0 Å². The Kier molecular flexibility index (Phi) is 3.09. The molecule has 3 heteroatoms. The van der Waals surface area contributed by atoms with Gasteiger partial charge < -0.3 is 9.88 Å². The number of hydrogen-bond donors (Lipinski definition) is 1. The number of imidazole rings is 1. The molecule has 3 nitrogen and oxygen atoms in total. The van der Waals surface area contributed by atoms with E-state index >= 15 is 0 Å². The van der Waals surface area contributed by atoms with Gasteiger partial charge in [0, 0.05) is 25.0 Å². The topological polar surface area (TPSA) is 29.9 Å². The van der Waals surface area contributed by atoms with E-state index in [1.807, 2.05) is 25.8 Å². The van der Waals surface area contributed by atoms with Gasteiger partial charge in [-0.25, -0.2) is 4.98 Å². The van der Waals surface area contributed by atoms with Gasteiger partial charge in [-0.2, -0.15) is 0 Å². The van der Waals surface area contributed by atoms with Crippen molar-refractivity contribution in [2.24, 2.45) is 5.41 Å². The van der Waals surface area contributed by atoms with Crippen LogP contribution in [0.1, 0.15) is 20.8 Å². The SMILES string of the molecule is CNC(Cn1ccnc1)C(C)(C)C. The second-order valence-corrected chi connectivity index (χ2v) is 4.47. The molecule has 0 aliphatic carbocycles. The fraction of sp³-hybridized carbons (Fsp3) is 0.700. The summed E-state index contributed by atoms with van der Waals surface area (Å²) in [5, 5.41) is 3.33. The maximum Gasteiger partial charge on any atom is 0.0946 e. The highest BCUT2D eigenvalue weighted by molar-refractivity contribution is 4.83. The average Bonchev–Trinajstić information content (AvgIpc) is 2.49. The lowest BCUT2D eigenvalue weighted by Crippen LogP contribution is -2.41. The first-order valence-electron chi connectivity index (χ1n) is 4.67. The summed E-state index contributed by atoms with van der Waals surface area (Å²) in [6.07, 6.45) is 5.67. The van der Waals surface area contributed by atoms with Crippen molar-refractivity contribution in [2.75, 3.05) is 7.05 Å². The number of aromatic nitrogens is 2. The minimum Gasteiger partial charge on any atom is -0.336 e. The highest BCUT2D eigenvalue weighted by atomic mass is 15.1. The molecular weight excluding hydrogens is 162 g/mol. The Morgan fingerprint density at radius 3 is 2.54 bits per heavy atom. The molecule has 1 rings (SSSR count). The predicted octanol–water partition coefficient (Wildman–Crippen LogP) is 1.52. The molecule has 0 aliphatic heterocycles. The van der Waals surface area contributed by atoms with Crippen molar-refractivity contribution in [2.45, 2.75) is 33.4 Å². The summed E-state index contributed by atoms with van der Waals surface area (Å²) in [6.45, 7) is 7.70. The van der Waals surface area contributed by atoms with Crippen LogP contribution in [0.5, 0.6) is 0 Å². The van der Waals surface area contributed by atoms with Gasteiger partial charge >= 0.3 is 0 Å². The van der Waals surface area contributed by atoms with E-state index in [2.05, 4.69) is 35.6 Å². The first-order valence-corrected chi connectivity index (χ1v) is 4.67. The van der Waals surface area contributed by atoms with Crippen LogP contribution in [0, 0.1) is 5.41 Å². The lowest BCUT2D eigenvalue weighted by Gasteiger charge is -2.30. The first kappa shape index (κ1) is 10.3. The maximum atomic E-state index is 4.03. The molecule has 0 saturated heterocycles. The van der Waals surface area contributed by atoms with Crippen molar-refractivity contribution in [3.63, 3.8) is 0 Å². The third kappa shape index (κ3) is 2.84.